The van der Waals surface area contributed by atoms with Gasteiger partial charge >= 0.3 is 0 Å². The fourth-order valence-corrected chi connectivity index (χ4v) is 9.27. The minimum atomic E-state index is -0.976. The van der Waals surface area contributed by atoms with E-state index in [-0.39, 0.29) is 28.9 Å². The first-order valence-electron chi connectivity index (χ1n) is 16.2. The highest BCUT2D eigenvalue weighted by Crippen LogP contribution is 2.63. The topological polar surface area (TPSA) is 70.0 Å². The quantitative estimate of drug-likeness (QED) is 0.294. The van der Waals surface area contributed by atoms with Crippen LogP contribution in [0.2, 0.25) is 0 Å². The molecule has 3 fully saturated rings. The second-order valence-corrected chi connectivity index (χ2v) is 13.8. The second kappa shape index (κ2) is 13.1. The standard InChI is InChI=1S/C34H52FNO4/c1-34-22-29(35)33-27-13-12-26(37)21-25(27)20-24(32(33)28(34)14-15-30(34)38)10-6-7-17-36(18-19-40-2)31(39)16-11-23-8-4-3-5-9-23/h12-13,21,23-24,28-30,32-33,37-38H,3-11,14-20,22H2,1-2H3/t24-,28?,29+,30+,32?,33?,34?/m1/s1. The number of hydrogen-bond acceptors (Lipinski definition) is 4. The van der Waals surface area contributed by atoms with Crippen LogP contribution in [0, 0.1) is 29.1 Å². The molecule has 0 bridgehead atoms. The number of carbonyl (C=O) groups is 1. The summed E-state index contributed by atoms with van der Waals surface area (Å²) >= 11 is 0. The van der Waals surface area contributed by atoms with Crippen molar-refractivity contribution in [2.45, 2.75) is 115 Å². The Morgan fingerprint density at radius 2 is 1.90 bits per heavy atom. The SMILES string of the molecule is COCCN(CCCC[C@@H]1Cc2cc(O)ccc2C2C1C1CC[C@H](O)C1(C)C[C@@H]2F)C(=O)CCC1CCCCC1. The van der Waals surface area contributed by atoms with Crippen molar-refractivity contribution in [1.29, 1.82) is 0 Å². The first-order valence-corrected chi connectivity index (χ1v) is 16.2. The molecule has 5 rings (SSSR count). The van der Waals surface area contributed by atoms with Crippen LogP contribution < -0.4 is 0 Å². The average molecular weight is 558 g/mol. The number of rotatable bonds is 11. The van der Waals surface area contributed by atoms with Gasteiger partial charge in [0.2, 0.25) is 5.91 Å². The van der Waals surface area contributed by atoms with Crippen molar-refractivity contribution in [2.24, 2.45) is 29.1 Å². The molecule has 3 saturated carbocycles. The highest BCUT2D eigenvalue weighted by Gasteiger charge is 2.59. The molecule has 0 saturated heterocycles. The summed E-state index contributed by atoms with van der Waals surface area (Å²) in [5.74, 6) is 1.92. The van der Waals surface area contributed by atoms with E-state index in [4.69, 9.17) is 4.74 Å². The van der Waals surface area contributed by atoms with E-state index in [2.05, 4.69) is 6.92 Å². The van der Waals surface area contributed by atoms with Crippen LogP contribution in [0.15, 0.2) is 18.2 Å². The summed E-state index contributed by atoms with van der Waals surface area (Å²) in [6, 6.07) is 5.51. The minimum Gasteiger partial charge on any atom is -0.508 e. The molecule has 6 heteroatoms. The second-order valence-electron chi connectivity index (χ2n) is 13.8. The number of benzene rings is 1. The molecule has 0 spiro atoms. The number of phenols is 1. The number of methoxy groups -OCH3 is 1. The van der Waals surface area contributed by atoms with Crippen LogP contribution in [-0.4, -0.2) is 60.1 Å². The molecule has 4 aliphatic rings. The molecule has 0 radical (unpaired) electrons. The molecule has 7 atom stereocenters. The smallest absolute Gasteiger partial charge is 0.222 e. The van der Waals surface area contributed by atoms with Crippen molar-refractivity contribution in [3.63, 3.8) is 0 Å². The zero-order valence-corrected chi connectivity index (χ0v) is 24.8. The third-order valence-electron chi connectivity index (χ3n) is 11.4. The Balaban J connectivity index is 1.23. The molecule has 5 nitrogen and oxygen atoms in total. The van der Waals surface area contributed by atoms with E-state index in [0.29, 0.717) is 43.7 Å². The predicted octanol–water partition coefficient (Wildman–Crippen LogP) is 6.79. The number of aliphatic hydroxyl groups is 1. The number of carbonyl (C=O) groups excluding carboxylic acids is 1. The lowest BCUT2D eigenvalue weighted by Gasteiger charge is -2.54. The first-order chi connectivity index (χ1) is 19.3. The Hall–Kier alpha value is -1.66. The van der Waals surface area contributed by atoms with Crippen molar-refractivity contribution >= 4 is 5.91 Å². The summed E-state index contributed by atoms with van der Waals surface area (Å²) in [5.41, 5.74) is 1.81. The average Bonchev–Trinajstić information content (AvgIpc) is 3.24. The monoisotopic (exact) mass is 557 g/mol. The van der Waals surface area contributed by atoms with Gasteiger partial charge in [-0.2, -0.15) is 0 Å². The fraction of sp³-hybridized carbons (Fsp3) is 0.794. The van der Waals surface area contributed by atoms with Crippen molar-refractivity contribution in [2.75, 3.05) is 26.8 Å². The number of aliphatic hydroxyl groups excluding tert-OH is 1. The van der Waals surface area contributed by atoms with Crippen LogP contribution >= 0.6 is 0 Å². The number of unbranched alkanes of at least 4 members (excludes halogenated alkanes) is 1. The molecule has 0 aromatic heterocycles. The predicted molar refractivity (Wildman–Crippen MR) is 156 cm³/mol. The van der Waals surface area contributed by atoms with E-state index in [9.17, 15) is 15.0 Å². The largest absolute Gasteiger partial charge is 0.508 e. The molecule has 0 aliphatic heterocycles. The Bertz CT molecular complexity index is 996. The van der Waals surface area contributed by atoms with E-state index in [1.54, 1.807) is 13.2 Å². The zero-order valence-electron chi connectivity index (χ0n) is 24.8. The molecule has 4 aliphatic carbocycles. The van der Waals surface area contributed by atoms with Crippen LogP contribution in [0.4, 0.5) is 4.39 Å². The number of aromatic hydroxyl groups is 1. The van der Waals surface area contributed by atoms with Crippen LogP contribution in [0.1, 0.15) is 107 Å². The maximum Gasteiger partial charge on any atom is 0.222 e. The van der Waals surface area contributed by atoms with Crippen molar-refractivity contribution < 1.29 is 24.1 Å². The molecule has 1 aromatic carbocycles. The van der Waals surface area contributed by atoms with Gasteiger partial charge in [0.25, 0.3) is 0 Å². The summed E-state index contributed by atoms with van der Waals surface area (Å²) in [5, 5.41) is 21.1. The fourth-order valence-electron chi connectivity index (χ4n) is 9.27. The number of hydrogen-bond donors (Lipinski definition) is 2. The van der Waals surface area contributed by atoms with Gasteiger partial charge in [0.15, 0.2) is 0 Å². The summed E-state index contributed by atoms with van der Waals surface area (Å²) in [7, 11) is 1.69. The Morgan fingerprint density at radius 1 is 1.10 bits per heavy atom. The highest BCUT2D eigenvalue weighted by atomic mass is 19.1. The van der Waals surface area contributed by atoms with E-state index in [1.807, 2.05) is 17.0 Å². The van der Waals surface area contributed by atoms with Gasteiger partial charge < -0.3 is 19.8 Å². The highest BCUT2D eigenvalue weighted by molar-refractivity contribution is 5.76. The van der Waals surface area contributed by atoms with E-state index in [1.165, 1.54) is 32.1 Å². The van der Waals surface area contributed by atoms with Crippen molar-refractivity contribution in [3.05, 3.63) is 29.3 Å². The molecule has 2 N–H and O–H groups in total. The number of ether oxygens (including phenoxy) is 1. The van der Waals surface area contributed by atoms with E-state index in [0.717, 1.165) is 62.6 Å². The van der Waals surface area contributed by atoms with Gasteiger partial charge in [0.1, 0.15) is 11.9 Å². The van der Waals surface area contributed by atoms with Crippen LogP contribution in [0.25, 0.3) is 0 Å². The first kappa shape index (κ1) is 29.8. The molecular weight excluding hydrogens is 505 g/mol. The Kier molecular flexibility index (Phi) is 9.77. The maximum absolute atomic E-state index is 16.0. The van der Waals surface area contributed by atoms with Gasteiger partial charge in [-0.3, -0.25) is 4.79 Å². The molecule has 0 heterocycles. The van der Waals surface area contributed by atoms with Crippen LogP contribution in [0.5, 0.6) is 5.75 Å². The summed E-state index contributed by atoms with van der Waals surface area (Å²) in [6.07, 6.45) is 12.7. The van der Waals surface area contributed by atoms with Crippen LogP contribution in [0.3, 0.4) is 0 Å². The third-order valence-corrected chi connectivity index (χ3v) is 11.4. The maximum atomic E-state index is 16.0. The molecule has 4 unspecified atom stereocenters. The lowest BCUT2D eigenvalue weighted by atomic mass is 9.51. The molecule has 1 amide bonds. The molecule has 1 aromatic rings. The molecule has 40 heavy (non-hydrogen) atoms. The Labute approximate surface area is 240 Å². The van der Waals surface area contributed by atoms with Gasteiger partial charge in [0.05, 0.1) is 12.7 Å². The number of phenolic OH excluding ortho intramolecular Hbond substituents is 1. The van der Waals surface area contributed by atoms with Crippen LogP contribution in [-0.2, 0) is 16.0 Å². The van der Waals surface area contributed by atoms with Crippen molar-refractivity contribution in [1.82, 2.24) is 4.90 Å². The van der Waals surface area contributed by atoms with E-state index < -0.39 is 12.3 Å². The normalized spacial score (nSPS) is 33.7. The third kappa shape index (κ3) is 6.23. The molecule has 224 valence electrons. The summed E-state index contributed by atoms with van der Waals surface area (Å²) in [6.45, 7) is 4.07. The van der Waals surface area contributed by atoms with Gasteiger partial charge in [-0.15, -0.1) is 0 Å². The van der Waals surface area contributed by atoms with Gasteiger partial charge in [0, 0.05) is 32.5 Å². The van der Waals surface area contributed by atoms with Crippen molar-refractivity contribution in [3.8, 4) is 5.75 Å². The zero-order chi connectivity index (χ0) is 28.3. The lowest BCUT2D eigenvalue weighted by molar-refractivity contribution is -0.132. The minimum absolute atomic E-state index is 0.155. The number of amides is 1. The van der Waals surface area contributed by atoms with E-state index >= 15 is 4.39 Å². The number of halogens is 1. The number of nitrogens with zero attached hydrogens (tertiary/aromatic N) is 1. The summed E-state index contributed by atoms with van der Waals surface area (Å²) in [4.78, 5) is 15.2. The van der Waals surface area contributed by atoms with Gasteiger partial charge in [-0.05, 0) is 97.3 Å². The lowest BCUT2D eigenvalue weighted by Crippen LogP contribution is -2.51. The summed E-state index contributed by atoms with van der Waals surface area (Å²) < 4.78 is 21.3. The number of alkyl halides is 1. The number of fused-ring (bicyclic) bond motifs is 5. The van der Waals surface area contributed by atoms with Gasteiger partial charge in [-0.25, -0.2) is 4.39 Å². The Morgan fingerprint density at radius 3 is 2.67 bits per heavy atom. The van der Waals surface area contributed by atoms with Gasteiger partial charge in [-0.1, -0.05) is 51.5 Å². The molecular formula is C34H52FNO4.